The van der Waals surface area contributed by atoms with E-state index in [4.69, 9.17) is 4.74 Å². The second-order valence-electron chi connectivity index (χ2n) is 5.21. The lowest BCUT2D eigenvalue weighted by molar-refractivity contribution is 0.140. The standard InChI is InChI=1S/C13H28N2O/c1-5-11(10-16-4)14-12-7-6-8-13(9-12)15(2)3/h11-14H,5-10H2,1-4H3. The SMILES string of the molecule is CCC(COC)NC1CCCC(N(C)C)C1. The summed E-state index contributed by atoms with van der Waals surface area (Å²) in [5, 5.41) is 3.74. The number of methoxy groups -OCH3 is 1. The molecule has 0 aromatic heterocycles. The molecule has 0 saturated heterocycles. The molecule has 96 valence electrons. The molecule has 1 aliphatic carbocycles. The number of nitrogens with zero attached hydrogens (tertiary/aromatic N) is 1. The van der Waals surface area contributed by atoms with E-state index in [9.17, 15) is 0 Å². The lowest BCUT2D eigenvalue weighted by Gasteiger charge is -2.35. The Bertz CT molecular complexity index is 185. The average molecular weight is 228 g/mol. The van der Waals surface area contributed by atoms with Crippen LogP contribution in [0.4, 0.5) is 0 Å². The fourth-order valence-corrected chi connectivity index (χ4v) is 2.60. The molecule has 1 rings (SSSR count). The Hall–Kier alpha value is -0.120. The van der Waals surface area contributed by atoms with Crippen molar-refractivity contribution >= 4 is 0 Å². The van der Waals surface area contributed by atoms with Crippen molar-refractivity contribution in [2.75, 3.05) is 27.8 Å². The topological polar surface area (TPSA) is 24.5 Å². The van der Waals surface area contributed by atoms with E-state index in [0.29, 0.717) is 12.1 Å². The van der Waals surface area contributed by atoms with Gasteiger partial charge in [0.05, 0.1) is 6.61 Å². The zero-order valence-corrected chi connectivity index (χ0v) is 11.3. The van der Waals surface area contributed by atoms with Gasteiger partial charge in [0.25, 0.3) is 0 Å². The van der Waals surface area contributed by atoms with E-state index in [1.807, 2.05) is 0 Å². The van der Waals surface area contributed by atoms with Gasteiger partial charge in [-0.05, 0) is 39.8 Å². The summed E-state index contributed by atoms with van der Waals surface area (Å²) in [5.74, 6) is 0. The van der Waals surface area contributed by atoms with E-state index in [-0.39, 0.29) is 0 Å². The van der Waals surface area contributed by atoms with Crippen LogP contribution in [-0.2, 0) is 4.74 Å². The summed E-state index contributed by atoms with van der Waals surface area (Å²) in [6.45, 7) is 3.06. The van der Waals surface area contributed by atoms with E-state index in [2.05, 4.69) is 31.2 Å². The summed E-state index contributed by atoms with van der Waals surface area (Å²) in [5.41, 5.74) is 0. The quantitative estimate of drug-likeness (QED) is 0.751. The molecule has 16 heavy (non-hydrogen) atoms. The summed E-state index contributed by atoms with van der Waals surface area (Å²) in [6.07, 6.45) is 6.46. The second kappa shape index (κ2) is 7.25. The maximum atomic E-state index is 5.24. The molecule has 1 fully saturated rings. The predicted molar refractivity (Wildman–Crippen MR) is 68.8 cm³/mol. The van der Waals surface area contributed by atoms with Crippen LogP contribution in [0, 0.1) is 0 Å². The van der Waals surface area contributed by atoms with E-state index in [0.717, 1.165) is 19.1 Å². The van der Waals surface area contributed by atoms with Crippen molar-refractivity contribution in [3.63, 3.8) is 0 Å². The van der Waals surface area contributed by atoms with Crippen molar-refractivity contribution in [2.45, 2.75) is 57.2 Å². The van der Waals surface area contributed by atoms with Gasteiger partial charge < -0.3 is 15.0 Å². The Kier molecular flexibility index (Phi) is 6.32. The molecule has 3 heteroatoms. The molecule has 0 spiro atoms. The normalized spacial score (nSPS) is 28.3. The van der Waals surface area contributed by atoms with Gasteiger partial charge >= 0.3 is 0 Å². The number of rotatable bonds is 6. The first-order valence-electron chi connectivity index (χ1n) is 6.58. The third-order valence-electron chi connectivity index (χ3n) is 3.71. The molecule has 0 amide bonds. The third kappa shape index (κ3) is 4.40. The Morgan fingerprint density at radius 1 is 1.38 bits per heavy atom. The first-order valence-corrected chi connectivity index (χ1v) is 6.58. The van der Waals surface area contributed by atoms with Crippen molar-refractivity contribution < 1.29 is 4.74 Å². The van der Waals surface area contributed by atoms with Crippen LogP contribution >= 0.6 is 0 Å². The molecule has 0 aliphatic heterocycles. The van der Waals surface area contributed by atoms with Crippen LogP contribution in [0.15, 0.2) is 0 Å². The molecule has 0 bridgehead atoms. The summed E-state index contributed by atoms with van der Waals surface area (Å²) in [7, 11) is 6.17. The minimum Gasteiger partial charge on any atom is -0.383 e. The molecular weight excluding hydrogens is 200 g/mol. The molecule has 1 aliphatic rings. The van der Waals surface area contributed by atoms with Crippen LogP contribution in [0.25, 0.3) is 0 Å². The van der Waals surface area contributed by atoms with Crippen LogP contribution in [0.5, 0.6) is 0 Å². The van der Waals surface area contributed by atoms with Gasteiger partial charge in [-0.15, -0.1) is 0 Å². The van der Waals surface area contributed by atoms with Gasteiger partial charge in [-0.2, -0.15) is 0 Å². The molecule has 3 atom stereocenters. The lowest BCUT2D eigenvalue weighted by atomic mass is 9.90. The fraction of sp³-hybridized carbons (Fsp3) is 1.00. The maximum Gasteiger partial charge on any atom is 0.0615 e. The number of hydrogen-bond donors (Lipinski definition) is 1. The molecule has 1 N–H and O–H groups in total. The third-order valence-corrected chi connectivity index (χ3v) is 3.71. The molecule has 1 saturated carbocycles. The Labute approximate surface area is 101 Å². The van der Waals surface area contributed by atoms with Gasteiger partial charge in [0.1, 0.15) is 0 Å². The van der Waals surface area contributed by atoms with Crippen molar-refractivity contribution in [1.82, 2.24) is 10.2 Å². The number of nitrogens with one attached hydrogen (secondary N) is 1. The zero-order chi connectivity index (χ0) is 12.0. The summed E-state index contributed by atoms with van der Waals surface area (Å²) >= 11 is 0. The number of hydrogen-bond acceptors (Lipinski definition) is 3. The second-order valence-corrected chi connectivity index (χ2v) is 5.21. The average Bonchev–Trinajstić information content (AvgIpc) is 2.29. The predicted octanol–water partition coefficient (Wildman–Crippen LogP) is 1.87. The monoisotopic (exact) mass is 228 g/mol. The van der Waals surface area contributed by atoms with Crippen molar-refractivity contribution in [2.24, 2.45) is 0 Å². The Morgan fingerprint density at radius 2 is 2.12 bits per heavy atom. The lowest BCUT2D eigenvalue weighted by Crippen LogP contribution is -2.46. The van der Waals surface area contributed by atoms with Crippen molar-refractivity contribution in [3.05, 3.63) is 0 Å². The largest absolute Gasteiger partial charge is 0.383 e. The van der Waals surface area contributed by atoms with Crippen LogP contribution in [0.2, 0.25) is 0 Å². The summed E-state index contributed by atoms with van der Waals surface area (Å²) in [4.78, 5) is 2.37. The first kappa shape index (κ1) is 13.9. The van der Waals surface area contributed by atoms with Gasteiger partial charge in [0, 0.05) is 25.2 Å². The Balaban J connectivity index is 2.35. The highest BCUT2D eigenvalue weighted by atomic mass is 16.5. The fourth-order valence-electron chi connectivity index (χ4n) is 2.60. The summed E-state index contributed by atoms with van der Waals surface area (Å²) < 4.78 is 5.24. The number of ether oxygens (including phenoxy) is 1. The first-order chi connectivity index (χ1) is 7.67. The van der Waals surface area contributed by atoms with Crippen molar-refractivity contribution in [3.8, 4) is 0 Å². The molecule has 0 aromatic rings. The van der Waals surface area contributed by atoms with E-state index in [1.165, 1.54) is 25.7 Å². The van der Waals surface area contributed by atoms with Gasteiger partial charge in [0.2, 0.25) is 0 Å². The smallest absolute Gasteiger partial charge is 0.0615 e. The zero-order valence-electron chi connectivity index (χ0n) is 11.3. The van der Waals surface area contributed by atoms with Crippen LogP contribution < -0.4 is 5.32 Å². The van der Waals surface area contributed by atoms with Gasteiger partial charge in [-0.3, -0.25) is 0 Å². The molecular formula is C13H28N2O. The maximum absolute atomic E-state index is 5.24. The van der Waals surface area contributed by atoms with Crippen molar-refractivity contribution in [1.29, 1.82) is 0 Å². The highest BCUT2D eigenvalue weighted by Gasteiger charge is 2.24. The molecule has 0 heterocycles. The highest BCUT2D eigenvalue weighted by molar-refractivity contribution is 4.84. The van der Waals surface area contributed by atoms with E-state index < -0.39 is 0 Å². The van der Waals surface area contributed by atoms with Crippen LogP contribution in [0.1, 0.15) is 39.0 Å². The highest BCUT2D eigenvalue weighted by Crippen LogP contribution is 2.22. The minimum absolute atomic E-state index is 0.524. The molecule has 3 nitrogen and oxygen atoms in total. The molecule has 0 radical (unpaired) electrons. The Morgan fingerprint density at radius 3 is 2.69 bits per heavy atom. The molecule has 3 unspecified atom stereocenters. The van der Waals surface area contributed by atoms with Gasteiger partial charge in [-0.25, -0.2) is 0 Å². The van der Waals surface area contributed by atoms with E-state index in [1.54, 1.807) is 7.11 Å². The van der Waals surface area contributed by atoms with Crippen LogP contribution in [0.3, 0.4) is 0 Å². The minimum atomic E-state index is 0.524. The van der Waals surface area contributed by atoms with Gasteiger partial charge in [0.15, 0.2) is 0 Å². The van der Waals surface area contributed by atoms with Gasteiger partial charge in [-0.1, -0.05) is 13.3 Å². The summed E-state index contributed by atoms with van der Waals surface area (Å²) in [6, 6.07) is 1.96. The van der Waals surface area contributed by atoms with Crippen LogP contribution in [-0.4, -0.2) is 50.8 Å². The van der Waals surface area contributed by atoms with E-state index >= 15 is 0 Å². The molecule has 0 aromatic carbocycles.